The Morgan fingerprint density at radius 2 is 0.975 bits per heavy atom. The number of hydrogen-bond acceptors (Lipinski definition) is 8. The molecule has 40 heavy (non-hydrogen) atoms. The molecule has 0 N–H and O–H groups in total. The molecule has 0 aliphatic heterocycles. The summed E-state index contributed by atoms with van der Waals surface area (Å²) >= 11 is 0. The first kappa shape index (κ1) is 26.5. The molecule has 5 rings (SSSR count). The Balaban J connectivity index is 1.79. The fraction of sp³-hybridized carbons (Fsp3) is 0.250. The van der Waals surface area contributed by atoms with E-state index < -0.39 is 12.3 Å². The molecule has 0 bridgehead atoms. The maximum Gasteiger partial charge on any atom is 0.514 e. The Morgan fingerprint density at radius 3 is 1.30 bits per heavy atom. The van der Waals surface area contributed by atoms with Crippen LogP contribution in [0.15, 0.2) is 48.5 Å². The van der Waals surface area contributed by atoms with Crippen LogP contribution in [-0.4, -0.2) is 24.5 Å². The van der Waals surface area contributed by atoms with E-state index in [1.165, 1.54) is 0 Å². The van der Waals surface area contributed by atoms with Gasteiger partial charge in [0.05, 0.1) is 23.3 Å². The van der Waals surface area contributed by atoms with E-state index in [2.05, 4.69) is 12.1 Å². The number of carbonyl (C=O) groups is 2. The smallest absolute Gasteiger partial charge is 0.431 e. The van der Waals surface area contributed by atoms with Crippen LogP contribution in [0.5, 0.6) is 11.5 Å². The average Bonchev–Trinajstić information content (AvgIpc) is 2.96. The van der Waals surface area contributed by atoms with Gasteiger partial charge in [-0.2, -0.15) is 10.5 Å². The second kappa shape index (κ2) is 10.6. The second-order valence-electron chi connectivity index (χ2n) is 9.65. The Hall–Kier alpha value is -5.08. The van der Waals surface area contributed by atoms with Crippen molar-refractivity contribution < 1.29 is 28.5 Å². The van der Waals surface area contributed by atoms with Gasteiger partial charge in [-0.1, -0.05) is 26.0 Å². The average molecular weight is 535 g/mol. The third kappa shape index (κ3) is 4.44. The number of hydrogen-bond donors (Lipinski definition) is 0. The molecule has 0 saturated heterocycles. The lowest BCUT2D eigenvalue weighted by molar-refractivity contribution is 0.0637. The van der Waals surface area contributed by atoms with Crippen LogP contribution >= 0.6 is 0 Å². The van der Waals surface area contributed by atoms with Gasteiger partial charge in [0, 0.05) is 21.5 Å². The summed E-state index contributed by atoms with van der Waals surface area (Å²) in [7, 11) is 0. The van der Waals surface area contributed by atoms with Crippen molar-refractivity contribution in [2.75, 3.05) is 0 Å². The predicted octanol–water partition coefficient (Wildman–Crippen LogP) is 8.11. The highest BCUT2D eigenvalue weighted by molar-refractivity contribution is 6.35. The largest absolute Gasteiger partial charge is 0.514 e. The van der Waals surface area contributed by atoms with E-state index in [0.717, 1.165) is 32.3 Å². The molecule has 0 aliphatic carbocycles. The first-order valence-electron chi connectivity index (χ1n) is 13.1. The molecular formula is C32H26N2O6. The van der Waals surface area contributed by atoms with Gasteiger partial charge in [0.1, 0.15) is 23.7 Å². The van der Waals surface area contributed by atoms with E-state index in [4.69, 9.17) is 18.9 Å². The van der Waals surface area contributed by atoms with E-state index in [1.807, 2.05) is 38.1 Å². The standard InChI is InChI=1S/C32H26N2O6/c1-5-17(3)37-31(35)39-25-13-11-23-22-10-8-20(16-34)28-26(40-32(36)38-18(4)6-2)14-12-24(30(22)28)21-9-7-19(15-33)27(25)29(21)23/h7-14,17-18H,5-6H2,1-4H3. The van der Waals surface area contributed by atoms with Gasteiger partial charge in [0.15, 0.2) is 0 Å². The molecule has 2 atom stereocenters. The van der Waals surface area contributed by atoms with Crippen LogP contribution in [0.4, 0.5) is 9.59 Å². The molecule has 200 valence electrons. The van der Waals surface area contributed by atoms with E-state index in [-0.39, 0.29) is 23.7 Å². The van der Waals surface area contributed by atoms with Crippen molar-refractivity contribution in [2.45, 2.75) is 52.7 Å². The fourth-order valence-corrected chi connectivity index (χ4v) is 4.91. The van der Waals surface area contributed by atoms with Crippen LogP contribution in [0.1, 0.15) is 51.7 Å². The van der Waals surface area contributed by atoms with Gasteiger partial charge in [-0.15, -0.1) is 0 Å². The number of rotatable bonds is 6. The summed E-state index contributed by atoms with van der Waals surface area (Å²) in [5.74, 6) is 0.429. The lowest BCUT2D eigenvalue weighted by atomic mass is 9.87. The summed E-state index contributed by atoms with van der Waals surface area (Å²) in [5, 5.41) is 25.5. The molecule has 0 spiro atoms. The summed E-state index contributed by atoms with van der Waals surface area (Å²) in [6.07, 6.45) is -1.06. The highest BCUT2D eigenvalue weighted by Gasteiger charge is 2.23. The third-order valence-corrected chi connectivity index (χ3v) is 7.20. The van der Waals surface area contributed by atoms with Crippen molar-refractivity contribution in [2.24, 2.45) is 0 Å². The third-order valence-electron chi connectivity index (χ3n) is 7.20. The first-order valence-corrected chi connectivity index (χ1v) is 13.1. The Bertz CT molecular complexity index is 1720. The van der Waals surface area contributed by atoms with E-state index >= 15 is 0 Å². The van der Waals surface area contributed by atoms with Crippen LogP contribution < -0.4 is 9.47 Å². The minimum absolute atomic E-state index is 0.214. The molecule has 0 aromatic heterocycles. The molecule has 8 nitrogen and oxygen atoms in total. The SMILES string of the molecule is CCC(C)OC(=O)Oc1ccc2c3ccc(C#N)c4c(OC(=O)OC(C)CC)ccc(c5ccc(C#N)c1c52)c43. The normalized spacial score (nSPS) is 12.7. The highest BCUT2D eigenvalue weighted by Crippen LogP contribution is 2.46. The zero-order valence-electron chi connectivity index (χ0n) is 22.5. The van der Waals surface area contributed by atoms with Crippen molar-refractivity contribution in [3.8, 4) is 23.6 Å². The summed E-state index contributed by atoms with van der Waals surface area (Å²) in [5.41, 5.74) is 0.682. The quantitative estimate of drug-likeness (QED) is 0.0927. The highest BCUT2D eigenvalue weighted by atomic mass is 16.7. The Morgan fingerprint density at radius 1 is 0.625 bits per heavy atom. The molecule has 5 aromatic rings. The van der Waals surface area contributed by atoms with Gasteiger partial charge in [0.25, 0.3) is 0 Å². The summed E-state index contributed by atoms with van der Waals surface area (Å²) in [6, 6.07) is 18.3. The topological polar surface area (TPSA) is 119 Å². The first-order chi connectivity index (χ1) is 19.3. The Labute approximate surface area is 230 Å². The number of benzene rings is 5. The number of carbonyl (C=O) groups excluding carboxylic acids is 2. The van der Waals surface area contributed by atoms with Crippen molar-refractivity contribution in [1.29, 1.82) is 10.5 Å². The minimum atomic E-state index is -0.845. The molecule has 0 aliphatic rings. The van der Waals surface area contributed by atoms with Gasteiger partial charge in [-0.3, -0.25) is 0 Å². The van der Waals surface area contributed by atoms with Crippen LogP contribution in [0.25, 0.3) is 43.1 Å². The van der Waals surface area contributed by atoms with Crippen molar-refractivity contribution >= 4 is 55.4 Å². The van der Waals surface area contributed by atoms with Gasteiger partial charge in [0.2, 0.25) is 0 Å². The predicted molar refractivity (Wildman–Crippen MR) is 151 cm³/mol. The molecule has 0 amide bonds. The summed E-state index contributed by atoms with van der Waals surface area (Å²) in [6.45, 7) is 7.34. The van der Waals surface area contributed by atoms with E-state index in [0.29, 0.717) is 34.7 Å². The van der Waals surface area contributed by atoms with Crippen molar-refractivity contribution in [1.82, 2.24) is 0 Å². The zero-order valence-corrected chi connectivity index (χ0v) is 22.5. The number of ether oxygens (including phenoxy) is 4. The van der Waals surface area contributed by atoms with Gasteiger partial charge >= 0.3 is 12.3 Å². The van der Waals surface area contributed by atoms with Crippen LogP contribution in [0.2, 0.25) is 0 Å². The monoisotopic (exact) mass is 534 g/mol. The summed E-state index contributed by atoms with van der Waals surface area (Å²) in [4.78, 5) is 25.0. The molecular weight excluding hydrogens is 508 g/mol. The van der Waals surface area contributed by atoms with Crippen LogP contribution in [0, 0.1) is 22.7 Å². The minimum Gasteiger partial charge on any atom is -0.431 e. The summed E-state index contributed by atoms with van der Waals surface area (Å²) < 4.78 is 21.8. The van der Waals surface area contributed by atoms with Crippen molar-refractivity contribution in [3.05, 3.63) is 59.7 Å². The molecule has 2 unspecified atom stereocenters. The van der Waals surface area contributed by atoms with Crippen LogP contribution in [0.3, 0.4) is 0 Å². The lowest BCUT2D eigenvalue weighted by Gasteiger charge is -2.19. The molecule has 5 aromatic carbocycles. The van der Waals surface area contributed by atoms with Gasteiger partial charge < -0.3 is 18.9 Å². The number of fused-ring (bicyclic) bond motifs is 2. The molecule has 0 radical (unpaired) electrons. The molecule has 0 heterocycles. The fourth-order valence-electron chi connectivity index (χ4n) is 4.91. The maximum atomic E-state index is 12.5. The van der Waals surface area contributed by atoms with Crippen LogP contribution in [-0.2, 0) is 9.47 Å². The maximum absolute atomic E-state index is 12.5. The molecule has 0 saturated carbocycles. The zero-order chi connectivity index (χ0) is 28.6. The van der Waals surface area contributed by atoms with E-state index in [9.17, 15) is 20.1 Å². The van der Waals surface area contributed by atoms with E-state index in [1.54, 1.807) is 38.1 Å². The molecule has 8 heteroatoms. The lowest BCUT2D eigenvalue weighted by Crippen LogP contribution is -2.17. The van der Waals surface area contributed by atoms with Gasteiger partial charge in [-0.25, -0.2) is 9.59 Å². The second-order valence-corrected chi connectivity index (χ2v) is 9.65. The van der Waals surface area contributed by atoms with Gasteiger partial charge in [-0.05, 0) is 84.6 Å². The van der Waals surface area contributed by atoms with Crippen molar-refractivity contribution in [3.63, 3.8) is 0 Å². The molecule has 0 fully saturated rings. The Kier molecular flexibility index (Phi) is 7.02. The number of nitriles is 2. The number of nitrogens with zero attached hydrogens (tertiary/aromatic N) is 2.